The first-order valence-corrected chi connectivity index (χ1v) is 8.30. The van der Waals surface area contributed by atoms with Gasteiger partial charge in [0.15, 0.2) is 0 Å². The van der Waals surface area contributed by atoms with E-state index in [9.17, 15) is 14.9 Å². The van der Waals surface area contributed by atoms with Gasteiger partial charge in [-0.25, -0.2) is 9.48 Å². The summed E-state index contributed by atoms with van der Waals surface area (Å²) in [6.07, 6.45) is 0. The highest BCUT2D eigenvalue weighted by Gasteiger charge is 2.25. The van der Waals surface area contributed by atoms with Crippen LogP contribution in [0.1, 0.15) is 22.8 Å². The van der Waals surface area contributed by atoms with Crippen molar-refractivity contribution in [3.8, 4) is 16.9 Å². The monoisotopic (exact) mass is 366 g/mol. The van der Waals surface area contributed by atoms with Crippen LogP contribution in [0.15, 0.2) is 48.5 Å². The molecule has 2 N–H and O–H groups in total. The van der Waals surface area contributed by atoms with Gasteiger partial charge in [-0.3, -0.25) is 10.1 Å². The summed E-state index contributed by atoms with van der Waals surface area (Å²) in [6, 6.07) is 13.3. The van der Waals surface area contributed by atoms with E-state index in [0.717, 1.165) is 11.1 Å². The molecule has 0 bridgehead atoms. The Balaban J connectivity index is 2.15. The van der Waals surface area contributed by atoms with Gasteiger partial charge in [-0.1, -0.05) is 29.8 Å². The molecule has 3 rings (SSSR count). The quantitative estimate of drug-likeness (QED) is 0.420. The zero-order valence-corrected chi connectivity index (χ0v) is 14.9. The molecule has 0 saturated carbocycles. The molecule has 3 aromatic rings. The predicted octanol–water partition coefficient (Wildman–Crippen LogP) is 3.51. The van der Waals surface area contributed by atoms with Gasteiger partial charge < -0.3 is 10.5 Å². The number of nitro groups is 1. The van der Waals surface area contributed by atoms with Crippen LogP contribution in [0.3, 0.4) is 0 Å². The third-order valence-electron chi connectivity index (χ3n) is 4.03. The number of carbonyl (C=O) groups excluding carboxylic acids is 1. The number of nitro benzene ring substituents is 1. The second-order valence-electron chi connectivity index (χ2n) is 5.88. The molecule has 0 unspecified atom stereocenters. The number of hydrogen-bond acceptors (Lipinski definition) is 6. The van der Waals surface area contributed by atoms with Crippen molar-refractivity contribution in [2.75, 3.05) is 12.3 Å². The highest BCUT2D eigenvalue weighted by molar-refractivity contribution is 6.01. The molecule has 138 valence electrons. The van der Waals surface area contributed by atoms with E-state index in [2.05, 4.69) is 5.10 Å². The van der Waals surface area contributed by atoms with E-state index >= 15 is 0 Å². The van der Waals surface area contributed by atoms with Crippen LogP contribution in [0.25, 0.3) is 16.9 Å². The van der Waals surface area contributed by atoms with Crippen LogP contribution in [0.5, 0.6) is 0 Å². The fourth-order valence-electron chi connectivity index (χ4n) is 2.66. The molecule has 0 aliphatic rings. The Labute approximate surface area is 155 Å². The van der Waals surface area contributed by atoms with Crippen molar-refractivity contribution in [1.29, 1.82) is 0 Å². The van der Waals surface area contributed by atoms with E-state index in [1.54, 1.807) is 6.92 Å². The summed E-state index contributed by atoms with van der Waals surface area (Å²) in [5, 5.41) is 15.3. The third kappa shape index (κ3) is 3.50. The summed E-state index contributed by atoms with van der Waals surface area (Å²) >= 11 is 0. The minimum absolute atomic E-state index is 0.0474. The Hall–Kier alpha value is -3.68. The molecule has 0 aliphatic carbocycles. The maximum atomic E-state index is 12.5. The van der Waals surface area contributed by atoms with Crippen molar-refractivity contribution in [3.05, 3.63) is 69.8 Å². The van der Waals surface area contributed by atoms with E-state index in [4.69, 9.17) is 10.5 Å². The zero-order chi connectivity index (χ0) is 19.6. The summed E-state index contributed by atoms with van der Waals surface area (Å²) in [6.45, 7) is 3.87. The Morgan fingerprint density at radius 1 is 1.19 bits per heavy atom. The van der Waals surface area contributed by atoms with Gasteiger partial charge in [0, 0.05) is 17.7 Å². The van der Waals surface area contributed by atoms with Crippen LogP contribution in [-0.2, 0) is 4.74 Å². The number of carbonyl (C=O) groups is 1. The number of nitrogens with two attached hydrogens (primary N) is 1. The van der Waals surface area contributed by atoms with Gasteiger partial charge in [0.25, 0.3) is 5.69 Å². The zero-order valence-electron chi connectivity index (χ0n) is 14.9. The van der Waals surface area contributed by atoms with Gasteiger partial charge in [0.1, 0.15) is 17.1 Å². The Morgan fingerprint density at radius 3 is 2.37 bits per heavy atom. The molecule has 0 saturated heterocycles. The second-order valence-corrected chi connectivity index (χ2v) is 5.88. The minimum atomic E-state index is -0.571. The first-order chi connectivity index (χ1) is 12.9. The van der Waals surface area contributed by atoms with Crippen LogP contribution >= 0.6 is 0 Å². The molecular weight excluding hydrogens is 348 g/mol. The summed E-state index contributed by atoms with van der Waals surface area (Å²) in [7, 11) is 0. The highest BCUT2D eigenvalue weighted by atomic mass is 16.6. The highest BCUT2D eigenvalue weighted by Crippen LogP contribution is 2.30. The number of anilines is 1. The fraction of sp³-hybridized carbons (Fsp3) is 0.158. The fourth-order valence-corrected chi connectivity index (χ4v) is 2.66. The summed E-state index contributed by atoms with van der Waals surface area (Å²) in [4.78, 5) is 22.8. The number of non-ortho nitro benzene ring substituents is 1. The molecule has 1 aromatic heterocycles. The van der Waals surface area contributed by atoms with Crippen molar-refractivity contribution >= 4 is 17.5 Å². The molecule has 1 heterocycles. The topological polar surface area (TPSA) is 113 Å². The maximum Gasteiger partial charge on any atom is 0.344 e. The molecule has 8 heteroatoms. The molecule has 0 fully saturated rings. The normalized spacial score (nSPS) is 10.6. The molecule has 0 radical (unpaired) electrons. The lowest BCUT2D eigenvalue weighted by Crippen LogP contribution is -2.09. The molecular formula is C19H18N4O4. The van der Waals surface area contributed by atoms with Crippen LogP contribution in [0.4, 0.5) is 11.5 Å². The first-order valence-electron chi connectivity index (χ1n) is 8.30. The lowest BCUT2D eigenvalue weighted by Gasteiger charge is -2.05. The van der Waals surface area contributed by atoms with E-state index in [-0.39, 0.29) is 23.7 Å². The smallest absolute Gasteiger partial charge is 0.344 e. The average Bonchev–Trinajstić information content (AvgIpc) is 3.00. The molecule has 0 amide bonds. The van der Waals surface area contributed by atoms with E-state index in [0.29, 0.717) is 11.4 Å². The number of nitrogens with zero attached hydrogens (tertiary/aromatic N) is 3. The first kappa shape index (κ1) is 18.1. The van der Waals surface area contributed by atoms with Crippen LogP contribution in [-0.4, -0.2) is 27.3 Å². The molecule has 0 atom stereocenters. The Kier molecular flexibility index (Phi) is 4.89. The summed E-state index contributed by atoms with van der Waals surface area (Å²) in [5.41, 5.74) is 9.00. The van der Waals surface area contributed by atoms with Crippen molar-refractivity contribution < 1.29 is 14.5 Å². The number of aryl methyl sites for hydroxylation is 1. The van der Waals surface area contributed by atoms with Crippen molar-refractivity contribution in [2.24, 2.45) is 0 Å². The number of esters is 1. The van der Waals surface area contributed by atoms with Gasteiger partial charge in [0.05, 0.1) is 17.2 Å². The molecule has 8 nitrogen and oxygen atoms in total. The number of hydrogen-bond donors (Lipinski definition) is 1. The van der Waals surface area contributed by atoms with Gasteiger partial charge in [-0.2, -0.15) is 5.10 Å². The molecule has 27 heavy (non-hydrogen) atoms. The second kappa shape index (κ2) is 7.28. The Bertz CT molecular complexity index is 992. The van der Waals surface area contributed by atoms with Crippen molar-refractivity contribution in [2.45, 2.75) is 13.8 Å². The van der Waals surface area contributed by atoms with Gasteiger partial charge >= 0.3 is 5.97 Å². The third-order valence-corrected chi connectivity index (χ3v) is 4.03. The van der Waals surface area contributed by atoms with Gasteiger partial charge in [0.2, 0.25) is 0 Å². The van der Waals surface area contributed by atoms with Gasteiger partial charge in [-0.15, -0.1) is 0 Å². The summed E-state index contributed by atoms with van der Waals surface area (Å²) < 4.78 is 6.51. The SMILES string of the molecule is CCOC(=O)c1c(-c2ccc(C)cc2)nn(-c2ccc([N+](=O)[O-])cc2)c1N. The average molecular weight is 366 g/mol. The molecule has 0 spiro atoms. The lowest BCUT2D eigenvalue weighted by molar-refractivity contribution is -0.384. The standard InChI is InChI=1S/C19H18N4O4/c1-3-27-19(24)16-17(13-6-4-12(2)5-7-13)21-22(18(16)20)14-8-10-15(11-9-14)23(25)26/h4-11H,3,20H2,1-2H3. The van der Waals surface area contributed by atoms with Crippen LogP contribution < -0.4 is 5.73 Å². The number of ether oxygens (including phenoxy) is 1. The predicted molar refractivity (Wildman–Crippen MR) is 101 cm³/mol. The lowest BCUT2D eigenvalue weighted by atomic mass is 10.1. The maximum absolute atomic E-state index is 12.5. The number of nitrogen functional groups attached to an aromatic ring is 1. The number of rotatable bonds is 5. The van der Waals surface area contributed by atoms with Crippen molar-refractivity contribution in [1.82, 2.24) is 9.78 Å². The van der Waals surface area contributed by atoms with E-state index < -0.39 is 10.9 Å². The van der Waals surface area contributed by atoms with E-state index in [1.807, 2.05) is 31.2 Å². The Morgan fingerprint density at radius 2 is 1.81 bits per heavy atom. The minimum Gasteiger partial charge on any atom is -0.462 e. The largest absolute Gasteiger partial charge is 0.462 e. The van der Waals surface area contributed by atoms with Crippen LogP contribution in [0, 0.1) is 17.0 Å². The summed E-state index contributed by atoms with van der Waals surface area (Å²) in [5.74, 6) is -0.461. The van der Waals surface area contributed by atoms with Crippen molar-refractivity contribution in [3.63, 3.8) is 0 Å². The molecule has 0 aliphatic heterocycles. The number of benzene rings is 2. The van der Waals surface area contributed by atoms with Gasteiger partial charge in [-0.05, 0) is 26.0 Å². The van der Waals surface area contributed by atoms with Crippen LogP contribution in [0.2, 0.25) is 0 Å². The number of aromatic nitrogens is 2. The van der Waals surface area contributed by atoms with E-state index in [1.165, 1.54) is 28.9 Å². The molecule has 2 aromatic carbocycles.